The molecule has 2 rings (SSSR count). The molecule has 114 valence electrons. The zero-order valence-electron chi connectivity index (χ0n) is 13.1. The highest BCUT2D eigenvalue weighted by Crippen LogP contribution is 2.28. The van der Waals surface area contributed by atoms with E-state index in [1.807, 2.05) is 0 Å². The molecule has 20 heavy (non-hydrogen) atoms. The Kier molecular flexibility index (Phi) is 6.07. The first kappa shape index (κ1) is 15.5. The molecule has 4 nitrogen and oxygen atoms in total. The van der Waals surface area contributed by atoms with Crippen LogP contribution >= 0.6 is 0 Å². The number of furan rings is 1. The van der Waals surface area contributed by atoms with Crippen molar-refractivity contribution in [3.63, 3.8) is 0 Å². The van der Waals surface area contributed by atoms with Gasteiger partial charge in [-0.3, -0.25) is 4.90 Å². The van der Waals surface area contributed by atoms with E-state index in [4.69, 9.17) is 9.15 Å². The van der Waals surface area contributed by atoms with E-state index in [-0.39, 0.29) is 0 Å². The van der Waals surface area contributed by atoms with Crippen LogP contribution in [0, 0.1) is 6.92 Å². The van der Waals surface area contributed by atoms with Gasteiger partial charge in [0.25, 0.3) is 0 Å². The van der Waals surface area contributed by atoms with Crippen molar-refractivity contribution >= 4 is 0 Å². The van der Waals surface area contributed by atoms with Crippen LogP contribution in [-0.2, 0) is 17.8 Å². The Labute approximate surface area is 122 Å². The average Bonchev–Trinajstić information content (AvgIpc) is 3.21. The summed E-state index contributed by atoms with van der Waals surface area (Å²) >= 11 is 0. The molecule has 1 aliphatic carbocycles. The molecule has 0 bridgehead atoms. The second-order valence-electron chi connectivity index (χ2n) is 5.69. The van der Waals surface area contributed by atoms with Gasteiger partial charge in [0, 0.05) is 19.7 Å². The summed E-state index contributed by atoms with van der Waals surface area (Å²) in [6.45, 7) is 8.87. The Morgan fingerprint density at radius 1 is 1.45 bits per heavy atom. The topological polar surface area (TPSA) is 37.6 Å². The fourth-order valence-electron chi connectivity index (χ4n) is 2.46. The molecule has 4 heteroatoms. The highest BCUT2D eigenvalue weighted by molar-refractivity contribution is 5.20. The molecule has 0 radical (unpaired) electrons. The molecule has 0 unspecified atom stereocenters. The quantitative estimate of drug-likeness (QED) is 0.669. The molecule has 0 saturated heterocycles. The summed E-state index contributed by atoms with van der Waals surface area (Å²) in [7, 11) is 1.76. The Hall–Kier alpha value is -0.840. The smallest absolute Gasteiger partial charge is 0.120 e. The van der Waals surface area contributed by atoms with E-state index in [0.717, 1.165) is 56.8 Å². The number of ether oxygens (including phenoxy) is 1. The van der Waals surface area contributed by atoms with Crippen LogP contribution < -0.4 is 5.32 Å². The second-order valence-corrected chi connectivity index (χ2v) is 5.69. The third-order valence-corrected chi connectivity index (χ3v) is 3.79. The molecule has 1 aliphatic rings. The van der Waals surface area contributed by atoms with E-state index in [0.29, 0.717) is 0 Å². The molecular formula is C16H28N2O2. The van der Waals surface area contributed by atoms with Crippen molar-refractivity contribution in [3.8, 4) is 0 Å². The maximum atomic E-state index is 6.00. The van der Waals surface area contributed by atoms with Crippen LogP contribution in [0.5, 0.6) is 0 Å². The fraction of sp³-hybridized carbons (Fsp3) is 0.750. The van der Waals surface area contributed by atoms with Crippen molar-refractivity contribution in [2.24, 2.45) is 0 Å². The maximum Gasteiger partial charge on any atom is 0.120 e. The van der Waals surface area contributed by atoms with Gasteiger partial charge in [0.2, 0.25) is 0 Å². The van der Waals surface area contributed by atoms with E-state index in [1.165, 1.54) is 18.4 Å². The number of rotatable bonds is 10. The minimum atomic E-state index is 0.734. The third kappa shape index (κ3) is 4.62. The molecule has 1 aromatic heterocycles. The highest BCUT2D eigenvalue weighted by Gasteiger charge is 2.29. The van der Waals surface area contributed by atoms with Gasteiger partial charge in [-0.1, -0.05) is 6.92 Å². The van der Waals surface area contributed by atoms with E-state index < -0.39 is 0 Å². The van der Waals surface area contributed by atoms with Crippen molar-refractivity contribution in [2.45, 2.75) is 52.2 Å². The fourth-order valence-corrected chi connectivity index (χ4v) is 2.46. The molecule has 1 aromatic rings. The van der Waals surface area contributed by atoms with Crippen molar-refractivity contribution in [1.29, 1.82) is 0 Å². The van der Waals surface area contributed by atoms with Crippen LogP contribution in [0.4, 0.5) is 0 Å². The molecule has 1 fully saturated rings. The van der Waals surface area contributed by atoms with Gasteiger partial charge in [-0.05, 0) is 44.4 Å². The summed E-state index contributed by atoms with van der Waals surface area (Å²) in [5.41, 5.74) is 1.26. The summed E-state index contributed by atoms with van der Waals surface area (Å²) in [6.07, 6.45) is 3.78. The number of nitrogens with one attached hydrogen (secondary N) is 1. The summed E-state index contributed by atoms with van der Waals surface area (Å²) < 4.78 is 11.2. The summed E-state index contributed by atoms with van der Waals surface area (Å²) in [4.78, 5) is 2.48. The van der Waals surface area contributed by atoms with Crippen molar-refractivity contribution in [3.05, 3.63) is 23.2 Å². The van der Waals surface area contributed by atoms with Crippen LogP contribution in [0.25, 0.3) is 0 Å². The average molecular weight is 280 g/mol. The summed E-state index contributed by atoms with van der Waals surface area (Å²) in [5, 5.41) is 3.40. The van der Waals surface area contributed by atoms with Crippen LogP contribution in [0.2, 0.25) is 0 Å². The molecule has 1 heterocycles. The molecular weight excluding hydrogens is 252 g/mol. The van der Waals surface area contributed by atoms with Crippen LogP contribution in [0.3, 0.4) is 0 Å². The Bertz CT molecular complexity index is 399. The first-order valence-electron chi connectivity index (χ1n) is 7.76. The van der Waals surface area contributed by atoms with Crippen molar-refractivity contribution in [1.82, 2.24) is 10.2 Å². The molecule has 0 aliphatic heterocycles. The lowest BCUT2D eigenvalue weighted by atomic mass is 10.2. The third-order valence-electron chi connectivity index (χ3n) is 3.79. The number of nitrogens with zero attached hydrogens (tertiary/aromatic N) is 1. The molecule has 0 amide bonds. The largest absolute Gasteiger partial charge is 0.463 e. The van der Waals surface area contributed by atoms with Gasteiger partial charge in [0.05, 0.1) is 19.7 Å². The second kappa shape index (κ2) is 7.81. The van der Waals surface area contributed by atoms with Gasteiger partial charge < -0.3 is 14.5 Å². The highest BCUT2D eigenvalue weighted by atomic mass is 16.5. The van der Waals surface area contributed by atoms with Gasteiger partial charge in [-0.15, -0.1) is 0 Å². The van der Waals surface area contributed by atoms with Gasteiger partial charge >= 0.3 is 0 Å². The Morgan fingerprint density at radius 2 is 2.25 bits per heavy atom. The zero-order valence-corrected chi connectivity index (χ0v) is 13.1. The van der Waals surface area contributed by atoms with Gasteiger partial charge in [-0.2, -0.15) is 0 Å². The lowest BCUT2D eigenvalue weighted by molar-refractivity contribution is 0.134. The lowest BCUT2D eigenvalue weighted by Gasteiger charge is -2.20. The van der Waals surface area contributed by atoms with Gasteiger partial charge in [0.1, 0.15) is 11.5 Å². The predicted molar refractivity (Wildman–Crippen MR) is 80.8 cm³/mol. The van der Waals surface area contributed by atoms with Gasteiger partial charge in [0.15, 0.2) is 0 Å². The first-order chi connectivity index (χ1) is 9.74. The minimum Gasteiger partial charge on any atom is -0.463 e. The van der Waals surface area contributed by atoms with Crippen molar-refractivity contribution < 1.29 is 9.15 Å². The SMILES string of the molecule is CCCNCc1oc(CN(CCOC)C2CC2)cc1C. The molecule has 0 spiro atoms. The minimum absolute atomic E-state index is 0.734. The number of aryl methyl sites for hydroxylation is 1. The Morgan fingerprint density at radius 3 is 2.90 bits per heavy atom. The van der Waals surface area contributed by atoms with Crippen LogP contribution in [-0.4, -0.2) is 37.7 Å². The number of hydrogen-bond acceptors (Lipinski definition) is 4. The predicted octanol–water partition coefficient (Wildman–Crippen LogP) is 2.70. The summed E-state index contributed by atoms with van der Waals surface area (Å²) in [5.74, 6) is 2.16. The molecule has 0 aromatic carbocycles. The first-order valence-corrected chi connectivity index (χ1v) is 7.76. The van der Waals surface area contributed by atoms with E-state index >= 15 is 0 Å². The van der Waals surface area contributed by atoms with E-state index in [1.54, 1.807) is 7.11 Å². The molecule has 1 N–H and O–H groups in total. The monoisotopic (exact) mass is 280 g/mol. The zero-order chi connectivity index (χ0) is 14.4. The van der Waals surface area contributed by atoms with Gasteiger partial charge in [-0.25, -0.2) is 0 Å². The van der Waals surface area contributed by atoms with E-state index in [2.05, 4.69) is 30.1 Å². The van der Waals surface area contributed by atoms with Crippen molar-refractivity contribution in [2.75, 3.05) is 26.8 Å². The van der Waals surface area contributed by atoms with Crippen LogP contribution in [0.15, 0.2) is 10.5 Å². The standard InChI is InChI=1S/C16H28N2O2/c1-4-7-17-11-16-13(2)10-15(20-16)12-18(8-9-19-3)14-5-6-14/h10,14,17H,4-9,11-12H2,1-3H3. The molecule has 0 atom stereocenters. The van der Waals surface area contributed by atoms with E-state index in [9.17, 15) is 0 Å². The lowest BCUT2D eigenvalue weighted by Crippen LogP contribution is -2.28. The Balaban J connectivity index is 1.89. The number of methoxy groups -OCH3 is 1. The maximum absolute atomic E-state index is 6.00. The number of hydrogen-bond donors (Lipinski definition) is 1. The molecule has 1 saturated carbocycles. The summed E-state index contributed by atoms with van der Waals surface area (Å²) in [6, 6.07) is 2.92. The normalized spacial score (nSPS) is 15.2. The van der Waals surface area contributed by atoms with Crippen LogP contribution in [0.1, 0.15) is 43.3 Å².